The van der Waals surface area contributed by atoms with E-state index in [0.29, 0.717) is 16.4 Å². The molecule has 0 N–H and O–H groups in total. The summed E-state index contributed by atoms with van der Waals surface area (Å²) in [7, 11) is 1.44. The van der Waals surface area contributed by atoms with Gasteiger partial charge in [-0.25, -0.2) is 4.99 Å². The predicted molar refractivity (Wildman–Crippen MR) is 107 cm³/mol. The van der Waals surface area contributed by atoms with E-state index in [1.54, 1.807) is 0 Å². The molecule has 0 aromatic heterocycles. The predicted octanol–water partition coefficient (Wildman–Crippen LogP) is 4.38. The van der Waals surface area contributed by atoms with Crippen molar-refractivity contribution < 1.29 is 4.74 Å². The van der Waals surface area contributed by atoms with Crippen LogP contribution in [0.4, 0.5) is 0 Å². The molecule has 1 aliphatic heterocycles. The van der Waals surface area contributed by atoms with Gasteiger partial charge in [-0.2, -0.15) is 0 Å². The highest BCUT2D eigenvalue weighted by Crippen LogP contribution is 2.73. The largest absolute Gasteiger partial charge is 0.475 e. The number of rotatable bonds is 4. The molecule has 0 bridgehead atoms. The van der Waals surface area contributed by atoms with Crippen LogP contribution in [0.25, 0.3) is 0 Å². The molecule has 23 heavy (non-hydrogen) atoms. The van der Waals surface area contributed by atoms with Crippen molar-refractivity contribution in [2.75, 3.05) is 12.8 Å². The van der Waals surface area contributed by atoms with Gasteiger partial charge in [0.1, 0.15) is 6.61 Å². The monoisotopic (exact) mass is 332 g/mol. The SMILES string of the molecule is B[P+](CC[C@H]1COC(c2ccccc2)=N1)(C(C)(C)C)C(C)(C)C. The molecule has 0 amide bonds. The highest BCUT2D eigenvalue weighted by atomic mass is 31.2. The fraction of sp³-hybridized carbons (Fsp3) is 0.632. The standard InChI is InChI=1S/C19H32BNOP/c1-18(2,3)23(20,19(4,5)6)13-12-16-14-22-17(21-16)15-10-8-7-9-11-15/h7-11,16H,12-14,20H2,1-6H3/q+1/t16-/m0/s1. The Labute approximate surface area is 143 Å². The van der Waals surface area contributed by atoms with E-state index in [1.807, 2.05) is 18.2 Å². The van der Waals surface area contributed by atoms with Gasteiger partial charge in [0.25, 0.3) is 0 Å². The summed E-state index contributed by atoms with van der Waals surface area (Å²) < 4.78 is 5.85. The Morgan fingerprint density at radius 1 is 1.09 bits per heavy atom. The maximum Gasteiger partial charge on any atom is 0.307 e. The Kier molecular flexibility index (Phi) is 5.31. The highest BCUT2D eigenvalue weighted by molar-refractivity contribution is 7.99. The van der Waals surface area contributed by atoms with Crippen LogP contribution in [0.3, 0.4) is 0 Å². The van der Waals surface area contributed by atoms with Crippen LogP contribution in [0, 0.1) is 0 Å². The fourth-order valence-corrected chi connectivity index (χ4v) is 7.55. The van der Waals surface area contributed by atoms with Crippen LogP contribution in [-0.4, -0.2) is 42.6 Å². The van der Waals surface area contributed by atoms with Gasteiger partial charge >= 0.3 is 7.57 Å². The average Bonchev–Trinajstić information content (AvgIpc) is 2.92. The molecule has 1 aromatic carbocycles. The van der Waals surface area contributed by atoms with Crippen LogP contribution in [-0.2, 0) is 4.74 Å². The van der Waals surface area contributed by atoms with Crippen molar-refractivity contribution in [3.63, 3.8) is 0 Å². The quantitative estimate of drug-likeness (QED) is 0.592. The first-order valence-corrected chi connectivity index (χ1v) is 11.1. The average molecular weight is 332 g/mol. The topological polar surface area (TPSA) is 21.6 Å². The van der Waals surface area contributed by atoms with Crippen molar-refractivity contribution >= 4 is 20.6 Å². The lowest BCUT2D eigenvalue weighted by molar-refractivity contribution is 0.315. The van der Waals surface area contributed by atoms with Gasteiger partial charge in [0, 0.05) is 18.1 Å². The molecule has 0 unspecified atom stereocenters. The minimum Gasteiger partial charge on any atom is -0.475 e. The number of ether oxygens (including phenoxy) is 1. The molecule has 0 radical (unpaired) electrons. The van der Waals surface area contributed by atoms with Crippen LogP contribution in [0.2, 0.25) is 0 Å². The van der Waals surface area contributed by atoms with Crippen LogP contribution in [0.1, 0.15) is 53.5 Å². The molecule has 0 saturated heterocycles. The molecule has 0 spiro atoms. The molecule has 0 saturated carbocycles. The van der Waals surface area contributed by atoms with Gasteiger partial charge < -0.3 is 4.74 Å². The number of hydrogen-bond acceptors (Lipinski definition) is 2. The molecule has 126 valence electrons. The van der Waals surface area contributed by atoms with Crippen molar-refractivity contribution in [2.45, 2.75) is 64.3 Å². The van der Waals surface area contributed by atoms with Gasteiger partial charge in [-0.05, 0) is 60.8 Å². The second-order valence-electron chi connectivity index (χ2n) is 8.81. The van der Waals surface area contributed by atoms with Gasteiger partial charge in [0.05, 0.1) is 16.4 Å². The molecule has 1 heterocycles. The summed E-state index contributed by atoms with van der Waals surface area (Å²) in [6, 6.07) is 10.6. The highest BCUT2D eigenvalue weighted by Gasteiger charge is 2.52. The van der Waals surface area contributed by atoms with E-state index in [9.17, 15) is 0 Å². The maximum absolute atomic E-state index is 5.85. The van der Waals surface area contributed by atoms with E-state index < -0.39 is 7.14 Å². The Hall–Kier alpha value is -0.815. The Balaban J connectivity index is 2.07. The molecular formula is C19H32BNOP+. The third kappa shape index (κ3) is 3.99. The van der Waals surface area contributed by atoms with Gasteiger partial charge in [-0.15, -0.1) is 0 Å². The van der Waals surface area contributed by atoms with Crippen molar-refractivity contribution in [1.82, 2.24) is 0 Å². The van der Waals surface area contributed by atoms with Crippen LogP contribution in [0.15, 0.2) is 35.3 Å². The number of hydrogen-bond donors (Lipinski definition) is 0. The lowest BCUT2D eigenvalue weighted by Crippen LogP contribution is -2.36. The van der Waals surface area contributed by atoms with E-state index in [1.165, 1.54) is 6.16 Å². The number of aliphatic imine (C=N–C) groups is 1. The number of nitrogens with zero attached hydrogens (tertiary/aromatic N) is 1. The van der Waals surface area contributed by atoms with Gasteiger partial charge in [0.2, 0.25) is 5.90 Å². The third-order valence-corrected chi connectivity index (χ3v) is 12.7. The van der Waals surface area contributed by atoms with E-state index in [0.717, 1.165) is 24.5 Å². The van der Waals surface area contributed by atoms with Crippen molar-refractivity contribution in [2.24, 2.45) is 4.99 Å². The normalized spacial score (nSPS) is 19.4. The summed E-state index contributed by atoms with van der Waals surface area (Å²) in [5.74, 6) is 0.821. The first-order valence-electron chi connectivity index (χ1n) is 8.66. The molecule has 2 nitrogen and oxygen atoms in total. The smallest absolute Gasteiger partial charge is 0.307 e. The minimum atomic E-state index is -1.11. The molecule has 0 aliphatic carbocycles. The van der Waals surface area contributed by atoms with E-state index in [-0.39, 0.29) is 0 Å². The summed E-state index contributed by atoms with van der Waals surface area (Å²) in [5.41, 5.74) is 1.10. The lowest BCUT2D eigenvalue weighted by atomic mass is 10.2. The summed E-state index contributed by atoms with van der Waals surface area (Å²) in [6.45, 7) is 15.2. The molecular weight excluding hydrogens is 300 g/mol. The maximum atomic E-state index is 5.85. The van der Waals surface area contributed by atoms with E-state index in [2.05, 4.69) is 61.2 Å². The molecule has 1 atom stereocenters. The lowest BCUT2D eigenvalue weighted by Gasteiger charge is -2.46. The molecule has 1 aliphatic rings. The van der Waals surface area contributed by atoms with E-state index in [4.69, 9.17) is 9.73 Å². The zero-order valence-corrected chi connectivity index (χ0v) is 16.8. The summed E-state index contributed by atoms with van der Waals surface area (Å²) in [6.07, 6.45) is 2.41. The molecule has 4 heteroatoms. The summed E-state index contributed by atoms with van der Waals surface area (Å²) in [4.78, 5) is 4.84. The van der Waals surface area contributed by atoms with E-state index >= 15 is 0 Å². The summed E-state index contributed by atoms with van der Waals surface area (Å²) in [5, 5.41) is 0.743. The zero-order chi connectivity index (χ0) is 17.3. The minimum absolute atomic E-state index is 0.314. The zero-order valence-electron chi connectivity index (χ0n) is 15.9. The van der Waals surface area contributed by atoms with Crippen LogP contribution >= 0.6 is 7.14 Å². The first kappa shape index (κ1) is 18.5. The van der Waals surface area contributed by atoms with Gasteiger partial charge in [-0.1, -0.05) is 18.2 Å². The Morgan fingerprint density at radius 2 is 1.65 bits per heavy atom. The Bertz CT molecular complexity index is 543. The van der Waals surface area contributed by atoms with Crippen molar-refractivity contribution in [1.29, 1.82) is 0 Å². The Morgan fingerprint density at radius 3 is 2.17 bits per heavy atom. The second kappa shape index (κ2) is 6.59. The number of benzene rings is 1. The summed E-state index contributed by atoms with van der Waals surface area (Å²) >= 11 is 0. The van der Waals surface area contributed by atoms with Crippen molar-refractivity contribution in [3.05, 3.63) is 35.9 Å². The van der Waals surface area contributed by atoms with Crippen LogP contribution in [0.5, 0.6) is 0 Å². The second-order valence-corrected chi connectivity index (χ2v) is 14.3. The third-order valence-electron chi connectivity index (χ3n) is 5.60. The van der Waals surface area contributed by atoms with Crippen LogP contribution < -0.4 is 0 Å². The van der Waals surface area contributed by atoms with Gasteiger partial charge in [-0.3, -0.25) is 0 Å². The van der Waals surface area contributed by atoms with Gasteiger partial charge in [0.15, 0.2) is 0 Å². The fourth-order valence-electron chi connectivity index (χ4n) is 3.39. The molecule has 0 fully saturated rings. The first-order chi connectivity index (χ1) is 10.5. The van der Waals surface area contributed by atoms with Crippen molar-refractivity contribution in [3.8, 4) is 0 Å². The molecule has 2 rings (SSSR count). The molecule has 1 aromatic rings.